The van der Waals surface area contributed by atoms with Crippen LogP contribution in [0.25, 0.3) is 6.08 Å². The molecule has 1 N–H and O–H groups in total. The van der Waals surface area contributed by atoms with E-state index in [0.717, 1.165) is 10.0 Å². The molecular weight excluding hydrogens is 372 g/mol. The lowest BCUT2D eigenvalue weighted by atomic mass is 10.1. The first-order valence-corrected chi connectivity index (χ1v) is 7.77. The molecule has 0 heterocycles. The van der Waals surface area contributed by atoms with E-state index in [2.05, 4.69) is 21.2 Å². The maximum Gasteiger partial charge on any atom is 0.331 e. The van der Waals surface area contributed by atoms with E-state index in [1.54, 1.807) is 48.5 Å². The predicted molar refractivity (Wildman–Crippen MR) is 93.9 cm³/mol. The molecule has 0 aliphatic rings. The lowest BCUT2D eigenvalue weighted by Crippen LogP contribution is -2.20. The number of benzene rings is 2. The van der Waals surface area contributed by atoms with Gasteiger partial charge in [0.1, 0.15) is 0 Å². The quantitative estimate of drug-likeness (QED) is 0.631. The molecule has 0 aliphatic heterocycles. The zero-order valence-electron chi connectivity index (χ0n) is 12.5. The minimum atomic E-state index is -0.623. The number of hydrogen-bond donors (Lipinski definition) is 1. The molecule has 24 heavy (non-hydrogen) atoms. The third kappa shape index (κ3) is 5.38. The molecule has 5 nitrogen and oxygen atoms in total. The van der Waals surface area contributed by atoms with Gasteiger partial charge in [-0.3, -0.25) is 4.79 Å². The average molecular weight is 385 g/mol. The van der Waals surface area contributed by atoms with Crippen molar-refractivity contribution in [3.8, 4) is 6.07 Å². The molecule has 2 aromatic rings. The molecule has 0 atom stereocenters. The number of amides is 1. The molecule has 0 saturated carbocycles. The van der Waals surface area contributed by atoms with Gasteiger partial charge in [0.2, 0.25) is 0 Å². The molecular formula is C18H13BrN2O3. The summed E-state index contributed by atoms with van der Waals surface area (Å²) >= 11 is 3.31. The largest absolute Gasteiger partial charge is 0.452 e. The van der Waals surface area contributed by atoms with Crippen LogP contribution in [-0.2, 0) is 14.3 Å². The first-order chi connectivity index (χ1) is 11.6. The Balaban J connectivity index is 1.82. The molecule has 0 radical (unpaired) electrons. The monoisotopic (exact) mass is 384 g/mol. The number of esters is 1. The molecule has 6 heteroatoms. The molecule has 0 fully saturated rings. The molecule has 120 valence electrons. The molecule has 0 spiro atoms. The number of nitrogens with zero attached hydrogens (tertiary/aromatic N) is 1. The molecule has 0 aromatic heterocycles. The molecule has 0 aliphatic carbocycles. The summed E-state index contributed by atoms with van der Waals surface area (Å²) in [6.07, 6.45) is 2.78. The zero-order chi connectivity index (χ0) is 17.4. The Morgan fingerprint density at radius 3 is 2.54 bits per heavy atom. The maximum absolute atomic E-state index is 11.8. The number of ether oxygens (including phenoxy) is 1. The highest BCUT2D eigenvalue weighted by molar-refractivity contribution is 9.10. The highest BCUT2D eigenvalue weighted by Crippen LogP contribution is 2.20. The van der Waals surface area contributed by atoms with Crippen molar-refractivity contribution in [2.45, 2.75) is 0 Å². The Bertz CT molecular complexity index is 808. The number of carbonyl (C=O) groups is 2. The van der Waals surface area contributed by atoms with E-state index >= 15 is 0 Å². The van der Waals surface area contributed by atoms with Gasteiger partial charge in [-0.15, -0.1) is 0 Å². The summed E-state index contributed by atoms with van der Waals surface area (Å²) in [5.41, 5.74) is 1.90. The number of carbonyl (C=O) groups excluding carboxylic acids is 2. The Kier molecular flexibility index (Phi) is 6.29. The van der Waals surface area contributed by atoms with E-state index in [4.69, 9.17) is 10.00 Å². The van der Waals surface area contributed by atoms with Crippen LogP contribution in [0.15, 0.2) is 59.1 Å². The fraction of sp³-hybridized carbons (Fsp3) is 0.0556. The van der Waals surface area contributed by atoms with E-state index in [0.29, 0.717) is 11.3 Å². The Morgan fingerprint density at radius 2 is 1.88 bits per heavy atom. The van der Waals surface area contributed by atoms with Crippen LogP contribution in [0.3, 0.4) is 0 Å². The summed E-state index contributed by atoms with van der Waals surface area (Å²) in [5, 5.41) is 11.3. The van der Waals surface area contributed by atoms with Crippen LogP contribution >= 0.6 is 15.9 Å². The number of rotatable bonds is 5. The number of halogens is 1. The van der Waals surface area contributed by atoms with Gasteiger partial charge in [-0.1, -0.05) is 24.3 Å². The molecule has 0 unspecified atom stereocenters. The topological polar surface area (TPSA) is 79.2 Å². The number of nitrogens with one attached hydrogen (secondary N) is 1. The summed E-state index contributed by atoms with van der Waals surface area (Å²) in [6.45, 7) is -0.377. The van der Waals surface area contributed by atoms with Crippen molar-refractivity contribution in [2.75, 3.05) is 11.9 Å². The SMILES string of the molecule is N#Cc1ccc(/C=C/C(=O)OCC(=O)Nc2ccccc2Br)cc1. The van der Waals surface area contributed by atoms with Crippen LogP contribution < -0.4 is 5.32 Å². The van der Waals surface area contributed by atoms with Gasteiger partial charge in [0, 0.05) is 10.5 Å². The Labute approximate surface area is 147 Å². The normalized spacial score (nSPS) is 10.2. The van der Waals surface area contributed by atoms with E-state index in [1.807, 2.05) is 12.1 Å². The van der Waals surface area contributed by atoms with Gasteiger partial charge < -0.3 is 10.1 Å². The summed E-state index contributed by atoms with van der Waals surface area (Å²) in [7, 11) is 0. The minimum absolute atomic E-state index is 0.377. The highest BCUT2D eigenvalue weighted by atomic mass is 79.9. The second-order valence-electron chi connectivity index (χ2n) is 4.70. The summed E-state index contributed by atoms with van der Waals surface area (Å²) in [4.78, 5) is 23.4. The van der Waals surface area contributed by atoms with Crippen molar-refractivity contribution in [3.63, 3.8) is 0 Å². The van der Waals surface area contributed by atoms with E-state index < -0.39 is 11.9 Å². The van der Waals surface area contributed by atoms with Gasteiger partial charge in [0.15, 0.2) is 6.61 Å². The smallest absolute Gasteiger partial charge is 0.331 e. The summed E-state index contributed by atoms with van der Waals surface area (Å²) in [5.74, 6) is -1.05. The van der Waals surface area contributed by atoms with Gasteiger partial charge >= 0.3 is 5.97 Å². The Hall–Kier alpha value is -2.91. The third-order valence-electron chi connectivity index (χ3n) is 2.95. The summed E-state index contributed by atoms with van der Waals surface area (Å²) < 4.78 is 5.62. The van der Waals surface area contributed by atoms with Crippen molar-refractivity contribution >= 4 is 39.6 Å². The second kappa shape index (κ2) is 8.65. The molecule has 2 rings (SSSR count). The number of anilines is 1. The van der Waals surface area contributed by atoms with E-state index in [9.17, 15) is 9.59 Å². The van der Waals surface area contributed by atoms with Crippen LogP contribution in [0, 0.1) is 11.3 Å². The molecule has 2 aromatic carbocycles. The second-order valence-corrected chi connectivity index (χ2v) is 5.56. The van der Waals surface area contributed by atoms with Crippen LogP contribution in [0.1, 0.15) is 11.1 Å². The lowest BCUT2D eigenvalue weighted by Gasteiger charge is -2.06. The van der Waals surface area contributed by atoms with Crippen molar-refractivity contribution in [3.05, 3.63) is 70.2 Å². The third-order valence-corrected chi connectivity index (χ3v) is 3.64. The van der Waals surface area contributed by atoms with Gasteiger partial charge in [0.25, 0.3) is 5.91 Å². The van der Waals surface area contributed by atoms with Gasteiger partial charge in [-0.25, -0.2) is 4.79 Å². The highest BCUT2D eigenvalue weighted by Gasteiger charge is 2.07. The number of nitriles is 1. The van der Waals surface area contributed by atoms with Crippen LogP contribution in [0.2, 0.25) is 0 Å². The molecule has 0 bridgehead atoms. The van der Waals surface area contributed by atoms with Crippen molar-refractivity contribution in [1.29, 1.82) is 5.26 Å². The lowest BCUT2D eigenvalue weighted by molar-refractivity contribution is -0.142. The number of para-hydroxylation sites is 1. The number of hydrogen-bond acceptors (Lipinski definition) is 4. The average Bonchev–Trinajstić information content (AvgIpc) is 2.60. The Morgan fingerprint density at radius 1 is 1.17 bits per heavy atom. The first kappa shape index (κ1) is 17.4. The van der Waals surface area contributed by atoms with Crippen molar-refractivity contribution in [1.82, 2.24) is 0 Å². The fourth-order valence-electron chi connectivity index (χ4n) is 1.77. The van der Waals surface area contributed by atoms with Crippen molar-refractivity contribution in [2.24, 2.45) is 0 Å². The van der Waals surface area contributed by atoms with Gasteiger partial charge in [-0.05, 0) is 51.8 Å². The standard InChI is InChI=1S/C18H13BrN2O3/c19-15-3-1-2-4-16(15)21-17(22)12-24-18(23)10-9-13-5-7-14(11-20)8-6-13/h1-10H,12H2,(H,21,22)/b10-9+. The fourth-order valence-corrected chi connectivity index (χ4v) is 2.15. The van der Waals surface area contributed by atoms with E-state index in [1.165, 1.54) is 6.08 Å². The zero-order valence-corrected chi connectivity index (χ0v) is 14.1. The van der Waals surface area contributed by atoms with Crippen LogP contribution in [0.4, 0.5) is 5.69 Å². The maximum atomic E-state index is 11.8. The van der Waals surface area contributed by atoms with Crippen LogP contribution in [0.5, 0.6) is 0 Å². The predicted octanol–water partition coefficient (Wildman–Crippen LogP) is 3.52. The van der Waals surface area contributed by atoms with Gasteiger partial charge in [-0.2, -0.15) is 5.26 Å². The molecule has 1 amide bonds. The minimum Gasteiger partial charge on any atom is -0.452 e. The summed E-state index contributed by atoms with van der Waals surface area (Å²) in [6, 6.07) is 15.9. The molecule has 0 saturated heterocycles. The first-order valence-electron chi connectivity index (χ1n) is 6.98. The van der Waals surface area contributed by atoms with Crippen molar-refractivity contribution < 1.29 is 14.3 Å². The van der Waals surface area contributed by atoms with Gasteiger partial charge in [0.05, 0.1) is 17.3 Å². The van der Waals surface area contributed by atoms with Crippen LogP contribution in [-0.4, -0.2) is 18.5 Å². The van der Waals surface area contributed by atoms with E-state index in [-0.39, 0.29) is 6.61 Å².